The van der Waals surface area contributed by atoms with Crippen molar-refractivity contribution >= 4 is 12.2 Å². The van der Waals surface area contributed by atoms with Crippen LogP contribution in [-0.4, -0.2) is 0 Å². The van der Waals surface area contributed by atoms with E-state index < -0.39 is 20.3 Å². The van der Waals surface area contributed by atoms with E-state index in [1.165, 1.54) is 83.0 Å². The molecule has 4 aromatic carbocycles. The van der Waals surface area contributed by atoms with Crippen LogP contribution in [0.25, 0.3) is 34.4 Å². The molecule has 1 aliphatic heterocycles. The molecule has 242 valence electrons. The molecule has 4 atom stereocenters. The van der Waals surface area contributed by atoms with Crippen molar-refractivity contribution in [2.45, 2.75) is 93.6 Å². The number of aryl methyl sites for hydroxylation is 2. The second-order valence-corrected chi connectivity index (χ2v) is 26.1. The number of benzene rings is 4. The molecular weight excluding hydrogens is 691 g/mol. The molecule has 3 aliphatic carbocycles. The summed E-state index contributed by atoms with van der Waals surface area (Å²) >= 11 is -2.91. The van der Waals surface area contributed by atoms with Crippen molar-refractivity contribution in [3.05, 3.63) is 129 Å². The van der Waals surface area contributed by atoms with Crippen molar-refractivity contribution in [3.63, 3.8) is 0 Å². The maximum absolute atomic E-state index is 2.91. The molecule has 1 heterocycles. The van der Waals surface area contributed by atoms with Crippen LogP contribution in [0.2, 0.25) is 7.25 Å². The van der Waals surface area contributed by atoms with Crippen LogP contribution in [0.15, 0.2) is 96.1 Å². The molecule has 47 heavy (non-hydrogen) atoms. The minimum Gasteiger partial charge on any atom is -1.00 e. The van der Waals surface area contributed by atoms with Gasteiger partial charge >= 0.3 is 278 Å². The Morgan fingerprint density at radius 2 is 0.957 bits per heavy atom. The first kappa shape index (κ1) is 34.7. The standard InChI is InChI=1S/2C19H19.C6H10.2ClH.Zr/c2*1-3-5-15-8-10-16(11-9-15)18-7-4-6-17-12-14(2)13-19(17)18;1-2-4-6-5-3-1;;;/h2*4,6-13H,3,5H2,1-2H3;1-2H,3-6H2;2*1H;/q;;;;;+2/p-2. The molecule has 3 heteroatoms. The molecule has 4 aromatic rings. The fraction of sp³-hybridized carbons (Fsp3) is 0.364. The average molecular weight is 739 g/mol. The third-order valence-electron chi connectivity index (χ3n) is 12.1. The first-order chi connectivity index (χ1) is 22.1. The molecule has 0 amide bonds. The van der Waals surface area contributed by atoms with Crippen molar-refractivity contribution in [1.82, 2.24) is 0 Å². The number of hydrogen-bond acceptors (Lipinski definition) is 0. The van der Waals surface area contributed by atoms with Crippen molar-refractivity contribution in [3.8, 4) is 22.3 Å². The summed E-state index contributed by atoms with van der Waals surface area (Å²) in [7, 11) is 0. The van der Waals surface area contributed by atoms with Gasteiger partial charge in [-0.15, -0.1) is 0 Å². The van der Waals surface area contributed by atoms with Gasteiger partial charge in [-0.25, -0.2) is 0 Å². The van der Waals surface area contributed by atoms with Crippen LogP contribution in [-0.2, 0) is 33.1 Å². The van der Waals surface area contributed by atoms with Gasteiger partial charge < -0.3 is 24.8 Å². The Balaban J connectivity index is 0.00000193. The van der Waals surface area contributed by atoms with Gasteiger partial charge in [0.25, 0.3) is 0 Å². The van der Waals surface area contributed by atoms with E-state index in [1.54, 1.807) is 22.3 Å². The second-order valence-electron chi connectivity index (χ2n) is 14.7. The van der Waals surface area contributed by atoms with E-state index in [1.807, 2.05) is 0 Å². The first-order valence-corrected chi connectivity index (χ1v) is 23.5. The normalized spacial score (nSPS) is 23.7. The fourth-order valence-corrected chi connectivity index (χ4v) is 33.6. The van der Waals surface area contributed by atoms with Crippen molar-refractivity contribution in [2.75, 3.05) is 0 Å². The van der Waals surface area contributed by atoms with Crippen LogP contribution in [0.4, 0.5) is 0 Å². The van der Waals surface area contributed by atoms with Gasteiger partial charge in [-0.05, 0) is 0 Å². The Bertz CT molecular complexity index is 1680. The van der Waals surface area contributed by atoms with Gasteiger partial charge in [0, 0.05) is 0 Å². The van der Waals surface area contributed by atoms with Gasteiger partial charge in [0.2, 0.25) is 0 Å². The summed E-state index contributed by atoms with van der Waals surface area (Å²) in [6.45, 7) is 9.55. The summed E-state index contributed by atoms with van der Waals surface area (Å²) in [5, 5.41) is 0. The molecular formula is C44H48Cl2Zr. The van der Waals surface area contributed by atoms with Crippen molar-refractivity contribution in [1.29, 1.82) is 0 Å². The molecule has 4 aliphatic rings. The van der Waals surface area contributed by atoms with Gasteiger partial charge in [-0.3, -0.25) is 0 Å². The van der Waals surface area contributed by atoms with Crippen LogP contribution in [0, 0.1) is 0 Å². The summed E-state index contributed by atoms with van der Waals surface area (Å²) in [6.07, 6.45) is 15.8. The quantitative estimate of drug-likeness (QED) is 0.185. The van der Waals surface area contributed by atoms with E-state index in [-0.39, 0.29) is 24.8 Å². The molecule has 2 fully saturated rings. The molecule has 1 saturated carbocycles. The van der Waals surface area contributed by atoms with Crippen LogP contribution < -0.4 is 24.8 Å². The largest absolute Gasteiger partial charge is 1.00 e. The van der Waals surface area contributed by atoms with E-state index in [4.69, 9.17) is 0 Å². The molecule has 0 aromatic heterocycles. The minimum atomic E-state index is -2.91. The monoisotopic (exact) mass is 736 g/mol. The molecule has 0 spiro atoms. The Labute approximate surface area is 300 Å². The second kappa shape index (κ2) is 14.0. The maximum atomic E-state index is 2.63. The summed E-state index contributed by atoms with van der Waals surface area (Å²) in [4.78, 5) is 0. The van der Waals surface area contributed by atoms with Gasteiger partial charge in [0.05, 0.1) is 0 Å². The third-order valence-corrected chi connectivity index (χ3v) is 29.6. The van der Waals surface area contributed by atoms with E-state index in [0.29, 0.717) is 7.25 Å². The number of allylic oxidation sites excluding steroid dienone is 2. The summed E-state index contributed by atoms with van der Waals surface area (Å²) in [6, 6.07) is 33.5. The Morgan fingerprint density at radius 3 is 1.34 bits per heavy atom. The number of rotatable bonds is 8. The molecule has 0 N–H and O–H groups in total. The number of halogens is 2. The van der Waals surface area contributed by atoms with Crippen LogP contribution in [0.3, 0.4) is 0 Å². The molecule has 4 unspecified atom stereocenters. The predicted octanol–water partition coefficient (Wildman–Crippen LogP) is 6.87. The van der Waals surface area contributed by atoms with E-state index in [2.05, 4.69) is 125 Å². The Kier molecular flexibility index (Phi) is 10.3. The molecule has 1 saturated heterocycles. The Morgan fingerprint density at radius 1 is 0.553 bits per heavy atom. The summed E-state index contributed by atoms with van der Waals surface area (Å²) in [5.41, 5.74) is 18.3. The summed E-state index contributed by atoms with van der Waals surface area (Å²) < 4.78 is 3.41. The van der Waals surface area contributed by atoms with E-state index in [9.17, 15) is 0 Å². The van der Waals surface area contributed by atoms with Crippen molar-refractivity contribution < 1.29 is 45.1 Å². The molecule has 0 radical (unpaired) electrons. The molecule has 0 nitrogen and oxygen atoms in total. The zero-order valence-electron chi connectivity index (χ0n) is 28.5. The zero-order valence-corrected chi connectivity index (χ0v) is 32.4. The van der Waals surface area contributed by atoms with Crippen LogP contribution in [0.1, 0.15) is 107 Å². The van der Waals surface area contributed by atoms with Crippen LogP contribution >= 0.6 is 0 Å². The maximum Gasteiger partial charge on any atom is -1.00 e. The van der Waals surface area contributed by atoms with Gasteiger partial charge in [0.1, 0.15) is 0 Å². The molecule has 8 rings (SSSR count). The van der Waals surface area contributed by atoms with Gasteiger partial charge in [-0.2, -0.15) is 0 Å². The van der Waals surface area contributed by atoms with Gasteiger partial charge in [-0.1, -0.05) is 0 Å². The van der Waals surface area contributed by atoms with Crippen molar-refractivity contribution in [2.24, 2.45) is 0 Å². The number of hydrogen-bond donors (Lipinski definition) is 0. The van der Waals surface area contributed by atoms with E-state index in [0.717, 1.165) is 20.1 Å². The first-order valence-electron chi connectivity index (χ1n) is 17.9. The van der Waals surface area contributed by atoms with E-state index >= 15 is 0 Å². The molecule has 0 bridgehead atoms. The zero-order chi connectivity index (χ0) is 30.7. The smallest absolute Gasteiger partial charge is 1.00 e. The average Bonchev–Trinajstić information content (AvgIpc) is 3.37. The Hall–Kier alpha value is -2.18. The fourth-order valence-electron chi connectivity index (χ4n) is 10.5. The number of fused-ring (bicyclic) bond motifs is 3. The minimum absolute atomic E-state index is 0. The summed E-state index contributed by atoms with van der Waals surface area (Å²) in [5.74, 6) is 0. The topological polar surface area (TPSA) is 0 Å². The van der Waals surface area contributed by atoms with Crippen LogP contribution in [0.5, 0.6) is 0 Å². The van der Waals surface area contributed by atoms with Gasteiger partial charge in [0.15, 0.2) is 0 Å². The SMILES string of the molecule is CCCc1ccc(-c2cccc3c2C=C(C)[CH]3[Zr+2]2([CH]3C(C)=Cc4c(-c5ccc(CCC)cc5)cccc43)[CH]3CCCC[CH]32)cc1.[Cl-].[Cl-]. The third kappa shape index (κ3) is 5.62. The predicted molar refractivity (Wildman–Crippen MR) is 190 cm³/mol.